The summed E-state index contributed by atoms with van der Waals surface area (Å²) in [6, 6.07) is 15.5. The van der Waals surface area contributed by atoms with Gasteiger partial charge in [0, 0.05) is 15.9 Å². The highest BCUT2D eigenvalue weighted by Gasteiger charge is 2.03. The fourth-order valence-electron chi connectivity index (χ4n) is 1.85. The lowest BCUT2D eigenvalue weighted by molar-refractivity contribution is -0.113. The largest absolute Gasteiger partial charge is 0.493 e. The van der Waals surface area contributed by atoms with Gasteiger partial charge < -0.3 is 10.1 Å². The molecule has 0 saturated heterocycles. The van der Waals surface area contributed by atoms with E-state index in [4.69, 9.17) is 4.74 Å². The van der Waals surface area contributed by atoms with Crippen molar-refractivity contribution in [2.24, 2.45) is 0 Å². The predicted octanol–water partition coefficient (Wildman–Crippen LogP) is 4.51. The Morgan fingerprint density at radius 3 is 2.82 bits per heavy atom. The lowest BCUT2D eigenvalue weighted by Crippen LogP contribution is -2.15. The third-order valence-corrected chi connectivity index (χ3v) is 4.24. The average Bonchev–Trinajstić information content (AvgIpc) is 2.47. The zero-order chi connectivity index (χ0) is 15.8. The van der Waals surface area contributed by atoms with Crippen LogP contribution in [-0.2, 0) is 4.79 Å². The molecule has 0 heterocycles. The molecule has 0 fully saturated rings. The summed E-state index contributed by atoms with van der Waals surface area (Å²) < 4.78 is 6.59. The molecule has 0 unspecified atom stereocenters. The van der Waals surface area contributed by atoms with Crippen LogP contribution in [0.15, 0.2) is 53.0 Å². The molecule has 0 bridgehead atoms. The molecule has 0 aliphatic carbocycles. The third kappa shape index (κ3) is 6.12. The third-order valence-electron chi connectivity index (χ3n) is 2.83. The van der Waals surface area contributed by atoms with Gasteiger partial charge in [-0.25, -0.2) is 0 Å². The maximum absolute atomic E-state index is 11.8. The van der Waals surface area contributed by atoms with Crippen LogP contribution in [0.2, 0.25) is 0 Å². The number of carbonyl (C=O) groups excluding carboxylic acids is 1. The van der Waals surface area contributed by atoms with Crippen molar-refractivity contribution in [3.05, 3.63) is 58.6 Å². The Labute approximate surface area is 143 Å². The van der Waals surface area contributed by atoms with Gasteiger partial charge in [-0.2, -0.15) is 0 Å². The van der Waals surface area contributed by atoms with Crippen LogP contribution in [0.1, 0.15) is 5.56 Å². The van der Waals surface area contributed by atoms with E-state index in [0.29, 0.717) is 12.4 Å². The topological polar surface area (TPSA) is 38.3 Å². The molecule has 2 aromatic rings. The van der Waals surface area contributed by atoms with Crippen molar-refractivity contribution in [3.63, 3.8) is 0 Å². The molecular formula is C17H18BrNO2S. The van der Waals surface area contributed by atoms with Crippen molar-refractivity contribution in [2.75, 3.05) is 23.4 Å². The molecule has 1 N–H and O–H groups in total. The van der Waals surface area contributed by atoms with Gasteiger partial charge in [0.2, 0.25) is 5.91 Å². The Bertz CT molecular complexity index is 634. The van der Waals surface area contributed by atoms with E-state index >= 15 is 0 Å². The second-order valence-corrected chi connectivity index (χ2v) is 6.80. The number of hydrogen-bond acceptors (Lipinski definition) is 3. The van der Waals surface area contributed by atoms with E-state index < -0.39 is 0 Å². The van der Waals surface area contributed by atoms with Crippen LogP contribution < -0.4 is 10.1 Å². The molecule has 3 nitrogen and oxygen atoms in total. The number of ether oxygens (including phenoxy) is 1. The second-order valence-electron chi connectivity index (χ2n) is 4.78. The molecule has 2 aromatic carbocycles. The summed E-state index contributed by atoms with van der Waals surface area (Å²) in [6.45, 7) is 2.63. The van der Waals surface area contributed by atoms with Crippen LogP contribution in [0.3, 0.4) is 0 Å². The quantitative estimate of drug-likeness (QED) is 0.719. The Morgan fingerprint density at radius 1 is 1.23 bits per heavy atom. The first-order valence-electron chi connectivity index (χ1n) is 6.96. The summed E-state index contributed by atoms with van der Waals surface area (Å²) >= 11 is 4.94. The SMILES string of the molecule is Cc1cccc(OCCSCC(=O)Nc2cccc(Br)c2)c1. The highest BCUT2D eigenvalue weighted by molar-refractivity contribution is 9.10. The average molecular weight is 380 g/mol. The van der Waals surface area contributed by atoms with Crippen molar-refractivity contribution < 1.29 is 9.53 Å². The molecule has 0 saturated carbocycles. The number of benzene rings is 2. The van der Waals surface area contributed by atoms with Crippen molar-refractivity contribution in [2.45, 2.75) is 6.92 Å². The lowest BCUT2D eigenvalue weighted by atomic mass is 10.2. The van der Waals surface area contributed by atoms with E-state index in [0.717, 1.165) is 21.7 Å². The predicted molar refractivity (Wildman–Crippen MR) is 96.8 cm³/mol. The van der Waals surface area contributed by atoms with Gasteiger partial charge in [0.05, 0.1) is 12.4 Å². The van der Waals surface area contributed by atoms with E-state index in [9.17, 15) is 4.79 Å². The number of aryl methyl sites for hydroxylation is 1. The molecule has 0 spiro atoms. The summed E-state index contributed by atoms with van der Waals surface area (Å²) in [6.07, 6.45) is 0. The van der Waals surface area contributed by atoms with Gasteiger partial charge in [0.25, 0.3) is 0 Å². The summed E-state index contributed by atoms with van der Waals surface area (Å²) in [5.41, 5.74) is 1.98. The van der Waals surface area contributed by atoms with Crippen LogP contribution in [0.4, 0.5) is 5.69 Å². The number of hydrogen-bond donors (Lipinski definition) is 1. The van der Waals surface area contributed by atoms with Crippen LogP contribution in [0.25, 0.3) is 0 Å². The minimum absolute atomic E-state index is 0.00124. The van der Waals surface area contributed by atoms with E-state index in [1.807, 2.05) is 55.5 Å². The zero-order valence-electron chi connectivity index (χ0n) is 12.3. The Balaban J connectivity index is 1.63. The number of nitrogens with one attached hydrogen (secondary N) is 1. The fraction of sp³-hybridized carbons (Fsp3) is 0.235. The summed E-state index contributed by atoms with van der Waals surface area (Å²) in [4.78, 5) is 11.8. The number of amides is 1. The van der Waals surface area contributed by atoms with Crippen LogP contribution >= 0.6 is 27.7 Å². The maximum Gasteiger partial charge on any atom is 0.234 e. The highest BCUT2D eigenvalue weighted by Crippen LogP contribution is 2.16. The number of carbonyl (C=O) groups is 1. The van der Waals surface area contributed by atoms with Gasteiger partial charge >= 0.3 is 0 Å². The molecule has 22 heavy (non-hydrogen) atoms. The number of anilines is 1. The minimum Gasteiger partial charge on any atom is -0.493 e. The van der Waals surface area contributed by atoms with E-state index in [-0.39, 0.29) is 5.91 Å². The smallest absolute Gasteiger partial charge is 0.234 e. The summed E-state index contributed by atoms with van der Waals surface area (Å²) in [5.74, 6) is 2.07. The Kier molecular flexibility index (Phi) is 6.80. The van der Waals surface area contributed by atoms with E-state index in [2.05, 4.69) is 21.2 Å². The van der Waals surface area contributed by atoms with Gasteiger partial charge in [-0.3, -0.25) is 4.79 Å². The zero-order valence-corrected chi connectivity index (χ0v) is 14.7. The Hall–Kier alpha value is -1.46. The van der Waals surface area contributed by atoms with Gasteiger partial charge in [-0.05, 0) is 42.8 Å². The number of halogens is 1. The van der Waals surface area contributed by atoms with Crippen molar-refractivity contribution >= 4 is 39.3 Å². The first-order chi connectivity index (χ1) is 10.6. The van der Waals surface area contributed by atoms with Crippen LogP contribution in [0, 0.1) is 6.92 Å². The van der Waals surface area contributed by atoms with E-state index in [1.165, 1.54) is 5.56 Å². The maximum atomic E-state index is 11.8. The standard InChI is InChI=1S/C17H18BrNO2S/c1-13-4-2-7-16(10-13)21-8-9-22-12-17(20)19-15-6-3-5-14(18)11-15/h2-7,10-11H,8-9,12H2,1H3,(H,19,20). The number of rotatable bonds is 7. The molecule has 2 rings (SSSR count). The first kappa shape index (κ1) is 16.9. The Morgan fingerprint density at radius 2 is 2.05 bits per heavy atom. The lowest BCUT2D eigenvalue weighted by Gasteiger charge is -2.07. The monoisotopic (exact) mass is 379 g/mol. The molecular weight excluding hydrogens is 362 g/mol. The van der Waals surface area contributed by atoms with Crippen molar-refractivity contribution in [1.29, 1.82) is 0 Å². The highest BCUT2D eigenvalue weighted by atomic mass is 79.9. The van der Waals surface area contributed by atoms with Crippen molar-refractivity contribution in [3.8, 4) is 5.75 Å². The van der Waals surface area contributed by atoms with Gasteiger partial charge in [-0.15, -0.1) is 11.8 Å². The molecule has 116 valence electrons. The normalized spacial score (nSPS) is 10.3. The molecule has 0 radical (unpaired) electrons. The van der Waals surface area contributed by atoms with Gasteiger partial charge in [0.1, 0.15) is 5.75 Å². The molecule has 0 aromatic heterocycles. The van der Waals surface area contributed by atoms with Crippen molar-refractivity contribution in [1.82, 2.24) is 0 Å². The fourth-order valence-corrected chi connectivity index (χ4v) is 2.85. The first-order valence-corrected chi connectivity index (χ1v) is 8.91. The van der Waals surface area contributed by atoms with Crippen LogP contribution in [0.5, 0.6) is 5.75 Å². The molecule has 0 aliphatic rings. The second kappa shape index (κ2) is 8.86. The molecule has 5 heteroatoms. The summed E-state index contributed by atoms with van der Waals surface area (Å²) in [7, 11) is 0. The van der Waals surface area contributed by atoms with Crippen LogP contribution in [-0.4, -0.2) is 24.0 Å². The van der Waals surface area contributed by atoms with E-state index in [1.54, 1.807) is 11.8 Å². The summed E-state index contributed by atoms with van der Waals surface area (Å²) in [5, 5.41) is 2.87. The van der Waals surface area contributed by atoms with Gasteiger partial charge in [-0.1, -0.05) is 34.1 Å². The minimum atomic E-state index is -0.00124. The number of thioether (sulfide) groups is 1. The molecule has 1 amide bonds. The molecule has 0 aliphatic heterocycles. The molecule has 0 atom stereocenters. The van der Waals surface area contributed by atoms with Gasteiger partial charge in [0.15, 0.2) is 0 Å².